The van der Waals surface area contributed by atoms with E-state index in [2.05, 4.69) is 0 Å². The molecule has 3 fully saturated rings. The molecule has 0 amide bonds. The molecule has 6 nitrogen and oxygen atoms in total. The van der Waals surface area contributed by atoms with Gasteiger partial charge in [-0.2, -0.15) is 0 Å². The van der Waals surface area contributed by atoms with E-state index >= 15 is 0 Å². The molecule has 3 aliphatic rings. The molecule has 0 aromatic heterocycles. The lowest BCUT2D eigenvalue weighted by molar-refractivity contribution is -0.232. The fraction of sp³-hybridized carbons (Fsp3) is 1.00. The molecule has 0 aromatic rings. The average molecular weight is 276 g/mol. The number of hydrogen-bond donors (Lipinski definition) is 1. The van der Waals surface area contributed by atoms with E-state index in [-0.39, 0.29) is 13.5 Å². The highest BCUT2D eigenvalue weighted by Gasteiger charge is 2.57. The van der Waals surface area contributed by atoms with Crippen molar-refractivity contribution in [2.75, 3.05) is 6.61 Å². The van der Waals surface area contributed by atoms with Crippen LogP contribution in [-0.4, -0.2) is 54.0 Å². The zero-order valence-electron chi connectivity index (χ0n) is 11.1. The van der Waals surface area contributed by atoms with E-state index in [4.69, 9.17) is 23.7 Å². The molecule has 0 saturated carbocycles. The summed E-state index contributed by atoms with van der Waals surface area (Å²) in [6, 6.07) is 0. The van der Waals surface area contributed by atoms with Crippen LogP contribution in [0.3, 0.4) is 0 Å². The van der Waals surface area contributed by atoms with E-state index in [1.807, 2.05) is 13.8 Å². The van der Waals surface area contributed by atoms with E-state index in [9.17, 15) is 5.11 Å². The first-order valence-corrected chi connectivity index (χ1v) is 6.28. The fourth-order valence-corrected chi connectivity index (χ4v) is 2.70. The molecule has 5 atom stereocenters. The van der Waals surface area contributed by atoms with E-state index in [0.717, 1.165) is 0 Å². The van der Waals surface area contributed by atoms with Gasteiger partial charge in [0.1, 0.15) is 24.4 Å². The SMILES string of the molecule is C.CC1(C)O[C@H]2OC([C@H]3COC(C)(C)O3)C(O)[C@H]2O1. The molecule has 3 saturated heterocycles. The maximum atomic E-state index is 10.3. The minimum Gasteiger partial charge on any atom is -0.387 e. The van der Waals surface area contributed by atoms with Gasteiger partial charge in [-0.05, 0) is 27.7 Å². The molecule has 0 aromatic carbocycles. The summed E-state index contributed by atoms with van der Waals surface area (Å²) >= 11 is 0. The summed E-state index contributed by atoms with van der Waals surface area (Å²) in [7, 11) is 0. The fourth-order valence-electron chi connectivity index (χ4n) is 2.70. The number of fused-ring (bicyclic) bond motifs is 1. The van der Waals surface area contributed by atoms with Gasteiger partial charge in [-0.1, -0.05) is 7.43 Å². The highest BCUT2D eigenvalue weighted by Crippen LogP contribution is 2.40. The Morgan fingerprint density at radius 3 is 2.16 bits per heavy atom. The largest absolute Gasteiger partial charge is 0.387 e. The van der Waals surface area contributed by atoms with Crippen LogP contribution in [-0.2, 0) is 23.7 Å². The molecule has 1 N–H and O–H groups in total. The van der Waals surface area contributed by atoms with Gasteiger partial charge in [-0.25, -0.2) is 0 Å². The summed E-state index contributed by atoms with van der Waals surface area (Å²) in [6.45, 7) is 7.68. The summed E-state index contributed by atoms with van der Waals surface area (Å²) in [5, 5.41) is 10.3. The van der Waals surface area contributed by atoms with Gasteiger partial charge in [0, 0.05) is 0 Å². The van der Waals surface area contributed by atoms with Gasteiger partial charge < -0.3 is 28.8 Å². The standard InChI is InChI=1S/C12H20O6.CH4/c1-11(2)14-5-6(16-11)8-7(13)9-10(15-8)18-12(3,4)17-9;/h6-10,13H,5H2,1-4H3;1H4/t6-,7?,8?,9-,10-;/m1./s1. The lowest BCUT2D eigenvalue weighted by Gasteiger charge is -2.26. The normalized spacial score (nSPS) is 46.9. The van der Waals surface area contributed by atoms with Gasteiger partial charge in [-0.3, -0.25) is 0 Å². The molecule has 0 bridgehead atoms. The van der Waals surface area contributed by atoms with Crippen LogP contribution in [0.5, 0.6) is 0 Å². The smallest absolute Gasteiger partial charge is 0.190 e. The lowest BCUT2D eigenvalue weighted by atomic mass is 10.1. The summed E-state index contributed by atoms with van der Waals surface area (Å²) in [5.41, 5.74) is 0. The molecule has 19 heavy (non-hydrogen) atoms. The van der Waals surface area contributed by atoms with Crippen molar-refractivity contribution in [2.24, 2.45) is 0 Å². The molecule has 3 rings (SSSR count). The average Bonchev–Trinajstić information content (AvgIpc) is 2.81. The number of aliphatic hydroxyl groups is 1. The van der Waals surface area contributed by atoms with E-state index in [1.165, 1.54) is 0 Å². The second-order valence-electron chi connectivity index (χ2n) is 5.93. The van der Waals surface area contributed by atoms with Crippen LogP contribution in [0.15, 0.2) is 0 Å². The summed E-state index contributed by atoms with van der Waals surface area (Å²) in [4.78, 5) is 0. The quantitative estimate of drug-likeness (QED) is 0.771. The van der Waals surface area contributed by atoms with Crippen molar-refractivity contribution in [1.29, 1.82) is 0 Å². The molecule has 6 heteroatoms. The zero-order valence-corrected chi connectivity index (χ0v) is 11.1. The van der Waals surface area contributed by atoms with Crippen molar-refractivity contribution < 1.29 is 28.8 Å². The first kappa shape index (κ1) is 15.2. The van der Waals surface area contributed by atoms with E-state index in [0.29, 0.717) is 6.61 Å². The second kappa shape index (κ2) is 4.65. The minimum atomic E-state index is -0.765. The lowest BCUT2D eigenvalue weighted by Crippen LogP contribution is -2.42. The maximum Gasteiger partial charge on any atom is 0.190 e. The molecule has 0 aliphatic carbocycles. The molecule has 0 radical (unpaired) electrons. The highest BCUT2D eigenvalue weighted by molar-refractivity contribution is 4.97. The van der Waals surface area contributed by atoms with Gasteiger partial charge in [0.25, 0.3) is 0 Å². The van der Waals surface area contributed by atoms with Gasteiger partial charge >= 0.3 is 0 Å². The highest BCUT2D eigenvalue weighted by atomic mass is 16.8. The molecule has 3 aliphatic heterocycles. The molecule has 2 unspecified atom stereocenters. The van der Waals surface area contributed by atoms with E-state index < -0.39 is 36.2 Å². The summed E-state index contributed by atoms with van der Waals surface area (Å²) in [6.07, 6.45) is -2.53. The van der Waals surface area contributed by atoms with Crippen molar-refractivity contribution in [3.63, 3.8) is 0 Å². The van der Waals surface area contributed by atoms with Gasteiger partial charge in [0.05, 0.1) is 6.61 Å². The van der Waals surface area contributed by atoms with Gasteiger partial charge in [-0.15, -0.1) is 0 Å². The van der Waals surface area contributed by atoms with Gasteiger partial charge in [0.15, 0.2) is 17.9 Å². The Morgan fingerprint density at radius 2 is 1.63 bits per heavy atom. The zero-order chi connectivity index (χ0) is 13.1. The number of hydrogen-bond acceptors (Lipinski definition) is 6. The molecular weight excluding hydrogens is 252 g/mol. The molecule has 0 spiro atoms. The van der Waals surface area contributed by atoms with Crippen LogP contribution < -0.4 is 0 Å². The molecular formula is C13H24O6. The second-order valence-corrected chi connectivity index (χ2v) is 5.93. The Bertz CT molecular complexity index is 342. The van der Waals surface area contributed by atoms with Crippen molar-refractivity contribution in [1.82, 2.24) is 0 Å². The Balaban J connectivity index is 0.00000133. The Morgan fingerprint density at radius 1 is 0.947 bits per heavy atom. The predicted octanol–water partition coefficient (Wildman–Crippen LogP) is 1.01. The van der Waals surface area contributed by atoms with Gasteiger partial charge in [0.2, 0.25) is 0 Å². The number of rotatable bonds is 1. The van der Waals surface area contributed by atoms with Crippen molar-refractivity contribution in [2.45, 2.75) is 77.4 Å². The first-order valence-electron chi connectivity index (χ1n) is 6.28. The molecule has 112 valence electrons. The van der Waals surface area contributed by atoms with Crippen LogP contribution in [0.2, 0.25) is 0 Å². The van der Waals surface area contributed by atoms with Crippen molar-refractivity contribution in [3.05, 3.63) is 0 Å². The third-order valence-corrected chi connectivity index (χ3v) is 3.45. The minimum absolute atomic E-state index is 0. The number of aliphatic hydroxyl groups excluding tert-OH is 1. The third kappa shape index (κ3) is 2.66. The van der Waals surface area contributed by atoms with Crippen molar-refractivity contribution >= 4 is 0 Å². The maximum absolute atomic E-state index is 10.3. The van der Waals surface area contributed by atoms with E-state index in [1.54, 1.807) is 13.8 Å². The monoisotopic (exact) mass is 276 g/mol. The van der Waals surface area contributed by atoms with Crippen LogP contribution in [0.1, 0.15) is 35.1 Å². The Labute approximate surface area is 113 Å². The number of ether oxygens (including phenoxy) is 5. The Hall–Kier alpha value is -0.240. The van der Waals surface area contributed by atoms with Crippen LogP contribution in [0, 0.1) is 0 Å². The summed E-state index contributed by atoms with van der Waals surface area (Å²) in [5.74, 6) is -1.35. The van der Waals surface area contributed by atoms with Crippen LogP contribution >= 0.6 is 0 Å². The van der Waals surface area contributed by atoms with Crippen LogP contribution in [0.25, 0.3) is 0 Å². The summed E-state index contributed by atoms with van der Waals surface area (Å²) < 4.78 is 28.1. The Kier molecular flexibility index (Phi) is 3.71. The topological polar surface area (TPSA) is 66.4 Å². The predicted molar refractivity (Wildman–Crippen MR) is 66.3 cm³/mol. The van der Waals surface area contributed by atoms with Crippen LogP contribution in [0.4, 0.5) is 0 Å². The first-order chi connectivity index (χ1) is 8.27. The van der Waals surface area contributed by atoms with Crippen molar-refractivity contribution in [3.8, 4) is 0 Å². The molecule has 3 heterocycles. The third-order valence-electron chi connectivity index (χ3n) is 3.45.